The molecular weight excluding hydrogens is 356 g/mol. The number of hydrogen-bond acceptors (Lipinski definition) is 4. The number of furan rings is 1. The monoisotopic (exact) mass is 372 g/mol. The van der Waals surface area contributed by atoms with Crippen LogP contribution in [0.2, 0.25) is 0 Å². The van der Waals surface area contributed by atoms with Crippen LogP contribution in [0.4, 0.5) is 11.4 Å². The molecule has 2 rings (SSSR count). The van der Waals surface area contributed by atoms with Crippen LogP contribution in [-0.4, -0.2) is 14.7 Å². The molecule has 2 aromatic rings. The first-order chi connectivity index (χ1) is 9.74. The molecule has 114 valence electrons. The summed E-state index contributed by atoms with van der Waals surface area (Å²) in [5.41, 5.74) is 2.32. The molecule has 1 aromatic heterocycles. The largest absolute Gasteiger partial charge is 0.452 e. The second-order valence-electron chi connectivity index (χ2n) is 4.91. The predicted octanol–water partition coefficient (Wildman–Crippen LogP) is 3.90. The Balaban J connectivity index is 2.13. The van der Waals surface area contributed by atoms with E-state index in [2.05, 4.69) is 26.0 Å². The number of sulfonamides is 1. The van der Waals surface area contributed by atoms with Crippen LogP contribution in [0, 0.1) is 6.92 Å². The van der Waals surface area contributed by atoms with Crippen LogP contribution in [0.3, 0.4) is 0 Å². The van der Waals surface area contributed by atoms with Gasteiger partial charge in [-0.15, -0.1) is 0 Å². The minimum Gasteiger partial charge on any atom is -0.452 e. The summed E-state index contributed by atoms with van der Waals surface area (Å²) < 4.78 is 31.2. The maximum atomic E-state index is 11.3. The molecular formula is C14H17BrN2O3S. The van der Waals surface area contributed by atoms with E-state index in [1.807, 2.05) is 38.1 Å². The summed E-state index contributed by atoms with van der Waals surface area (Å²) in [5.74, 6) is 0.817. The Morgan fingerprint density at radius 3 is 2.48 bits per heavy atom. The van der Waals surface area contributed by atoms with Crippen molar-refractivity contribution in [3.63, 3.8) is 0 Å². The lowest BCUT2D eigenvalue weighted by molar-refractivity contribution is 0.471. The number of rotatable bonds is 5. The molecule has 0 saturated heterocycles. The molecule has 0 aliphatic heterocycles. The van der Waals surface area contributed by atoms with Gasteiger partial charge in [0.2, 0.25) is 10.0 Å². The zero-order chi connectivity index (χ0) is 15.6. The van der Waals surface area contributed by atoms with Gasteiger partial charge >= 0.3 is 0 Å². The summed E-state index contributed by atoms with van der Waals surface area (Å²) >= 11 is 3.28. The van der Waals surface area contributed by atoms with E-state index in [4.69, 9.17) is 4.42 Å². The van der Waals surface area contributed by atoms with Crippen molar-refractivity contribution in [1.29, 1.82) is 0 Å². The van der Waals surface area contributed by atoms with Crippen molar-refractivity contribution in [2.75, 3.05) is 16.3 Å². The number of hydrogen-bond donors (Lipinski definition) is 2. The van der Waals surface area contributed by atoms with E-state index in [1.165, 1.54) is 0 Å². The predicted molar refractivity (Wildman–Crippen MR) is 88.1 cm³/mol. The molecule has 1 heterocycles. The standard InChI is InChI=1S/C14H17BrN2O3S/c1-9-8-11(4-5-12(9)17-21(3,18)19)16-10(2)13-6-7-14(15)20-13/h4-8,10,16-17H,1-3H3. The highest BCUT2D eigenvalue weighted by molar-refractivity contribution is 9.10. The van der Waals surface area contributed by atoms with Crippen molar-refractivity contribution in [2.24, 2.45) is 0 Å². The van der Waals surface area contributed by atoms with Crippen LogP contribution in [0.1, 0.15) is 24.3 Å². The van der Waals surface area contributed by atoms with Crippen molar-refractivity contribution in [2.45, 2.75) is 19.9 Å². The summed E-state index contributed by atoms with van der Waals surface area (Å²) in [4.78, 5) is 0. The van der Waals surface area contributed by atoms with Crippen molar-refractivity contribution in [1.82, 2.24) is 0 Å². The van der Waals surface area contributed by atoms with E-state index in [9.17, 15) is 8.42 Å². The van der Waals surface area contributed by atoms with Gasteiger partial charge in [-0.05, 0) is 65.7 Å². The molecule has 0 amide bonds. The van der Waals surface area contributed by atoms with Crippen LogP contribution in [-0.2, 0) is 10.0 Å². The molecule has 0 bridgehead atoms. The maximum Gasteiger partial charge on any atom is 0.229 e. The Hall–Kier alpha value is -1.47. The fraction of sp³-hybridized carbons (Fsp3) is 0.286. The molecule has 0 aliphatic carbocycles. The van der Waals surface area contributed by atoms with Gasteiger partial charge in [-0.3, -0.25) is 4.72 Å². The average molecular weight is 373 g/mol. The third-order valence-corrected chi connectivity index (χ3v) is 3.94. The van der Waals surface area contributed by atoms with E-state index < -0.39 is 10.0 Å². The zero-order valence-electron chi connectivity index (χ0n) is 12.0. The minimum absolute atomic E-state index is 0.00409. The Bertz CT molecular complexity index is 740. The van der Waals surface area contributed by atoms with Crippen LogP contribution in [0.25, 0.3) is 0 Å². The third kappa shape index (κ3) is 4.50. The molecule has 1 aromatic carbocycles. The van der Waals surface area contributed by atoms with E-state index >= 15 is 0 Å². The Morgan fingerprint density at radius 1 is 1.24 bits per heavy atom. The van der Waals surface area contributed by atoms with Crippen molar-refractivity contribution in [3.8, 4) is 0 Å². The maximum absolute atomic E-state index is 11.3. The molecule has 0 aliphatic rings. The normalized spacial score (nSPS) is 13.0. The van der Waals surface area contributed by atoms with E-state index in [0.29, 0.717) is 10.4 Å². The first-order valence-electron chi connectivity index (χ1n) is 6.35. The van der Waals surface area contributed by atoms with Crippen molar-refractivity contribution >= 4 is 37.3 Å². The number of benzene rings is 1. The molecule has 21 heavy (non-hydrogen) atoms. The first-order valence-corrected chi connectivity index (χ1v) is 9.03. The molecule has 1 unspecified atom stereocenters. The highest BCUT2D eigenvalue weighted by Gasteiger charge is 2.11. The third-order valence-electron chi connectivity index (χ3n) is 2.93. The number of halogens is 1. The smallest absolute Gasteiger partial charge is 0.229 e. The number of anilines is 2. The average Bonchev–Trinajstić information content (AvgIpc) is 2.78. The molecule has 0 spiro atoms. The Morgan fingerprint density at radius 2 is 1.95 bits per heavy atom. The van der Waals surface area contributed by atoms with Crippen LogP contribution in [0.5, 0.6) is 0 Å². The summed E-state index contributed by atoms with van der Waals surface area (Å²) in [6.07, 6.45) is 1.13. The zero-order valence-corrected chi connectivity index (χ0v) is 14.4. The van der Waals surface area contributed by atoms with Gasteiger partial charge in [-0.2, -0.15) is 0 Å². The highest BCUT2D eigenvalue weighted by Crippen LogP contribution is 2.26. The van der Waals surface area contributed by atoms with E-state index in [1.54, 1.807) is 6.07 Å². The molecule has 7 heteroatoms. The van der Waals surface area contributed by atoms with Gasteiger partial charge in [-0.1, -0.05) is 0 Å². The topological polar surface area (TPSA) is 71.3 Å². The fourth-order valence-corrected chi connectivity index (χ4v) is 2.90. The first kappa shape index (κ1) is 15.9. The van der Waals surface area contributed by atoms with Crippen molar-refractivity contribution in [3.05, 3.63) is 46.3 Å². The van der Waals surface area contributed by atoms with E-state index in [-0.39, 0.29) is 6.04 Å². The van der Waals surface area contributed by atoms with E-state index in [0.717, 1.165) is 23.3 Å². The summed E-state index contributed by atoms with van der Waals surface area (Å²) in [7, 11) is -3.27. The summed E-state index contributed by atoms with van der Waals surface area (Å²) in [6.45, 7) is 3.84. The molecule has 5 nitrogen and oxygen atoms in total. The molecule has 1 atom stereocenters. The number of aryl methyl sites for hydroxylation is 1. The van der Waals surface area contributed by atoms with Crippen molar-refractivity contribution < 1.29 is 12.8 Å². The van der Waals surface area contributed by atoms with Gasteiger partial charge in [0, 0.05) is 5.69 Å². The van der Waals surface area contributed by atoms with Gasteiger partial charge in [0.05, 0.1) is 18.0 Å². The second kappa shape index (κ2) is 6.11. The molecule has 0 radical (unpaired) electrons. The summed E-state index contributed by atoms with van der Waals surface area (Å²) in [6, 6.07) is 9.21. The molecule has 0 fully saturated rings. The van der Waals surface area contributed by atoms with Crippen LogP contribution in [0.15, 0.2) is 39.4 Å². The SMILES string of the molecule is Cc1cc(NC(C)c2ccc(Br)o2)ccc1NS(C)(=O)=O. The highest BCUT2D eigenvalue weighted by atomic mass is 79.9. The van der Waals surface area contributed by atoms with Gasteiger partial charge in [-0.25, -0.2) is 8.42 Å². The van der Waals surface area contributed by atoms with Gasteiger partial charge in [0.1, 0.15) is 5.76 Å². The van der Waals surface area contributed by atoms with Gasteiger partial charge in [0.25, 0.3) is 0 Å². The Labute approximate surface area is 132 Å². The van der Waals surface area contributed by atoms with Gasteiger partial charge in [0.15, 0.2) is 4.67 Å². The van der Waals surface area contributed by atoms with Gasteiger partial charge < -0.3 is 9.73 Å². The lowest BCUT2D eigenvalue weighted by Crippen LogP contribution is -2.11. The van der Waals surface area contributed by atoms with Crippen LogP contribution >= 0.6 is 15.9 Å². The fourth-order valence-electron chi connectivity index (χ4n) is 1.95. The minimum atomic E-state index is -3.27. The lowest BCUT2D eigenvalue weighted by atomic mass is 10.1. The Kier molecular flexibility index (Phi) is 4.63. The molecule has 0 saturated carbocycles. The summed E-state index contributed by atoms with van der Waals surface area (Å²) in [5, 5.41) is 3.31. The van der Waals surface area contributed by atoms with Crippen LogP contribution < -0.4 is 10.0 Å². The number of nitrogens with one attached hydrogen (secondary N) is 2. The molecule has 2 N–H and O–H groups in total. The quantitative estimate of drug-likeness (QED) is 0.834. The second-order valence-corrected chi connectivity index (χ2v) is 7.44. The lowest BCUT2D eigenvalue weighted by Gasteiger charge is -2.15.